The van der Waals surface area contributed by atoms with Crippen molar-refractivity contribution >= 4 is 16.8 Å². The molecule has 0 radical (unpaired) electrons. The Morgan fingerprint density at radius 1 is 1.15 bits per heavy atom. The Bertz CT molecular complexity index is 1000. The summed E-state index contributed by atoms with van der Waals surface area (Å²) < 4.78 is 7.33. The number of nitrogens with zero attached hydrogens (tertiary/aromatic N) is 4. The van der Waals surface area contributed by atoms with Gasteiger partial charge in [-0.05, 0) is 50.5 Å². The maximum atomic E-state index is 12.5. The minimum atomic E-state index is -0.104. The van der Waals surface area contributed by atoms with Crippen LogP contribution < -0.4 is 10.9 Å². The summed E-state index contributed by atoms with van der Waals surface area (Å²) in [6.07, 6.45) is 5.12. The number of aromatic nitrogens is 4. The average Bonchev–Trinajstić information content (AvgIpc) is 3.60. The van der Waals surface area contributed by atoms with Crippen molar-refractivity contribution in [1.82, 2.24) is 20.0 Å². The van der Waals surface area contributed by atoms with Crippen LogP contribution >= 0.6 is 0 Å². The summed E-state index contributed by atoms with van der Waals surface area (Å²) in [5.41, 5.74) is 0.448. The molecule has 2 saturated carbocycles. The van der Waals surface area contributed by atoms with Crippen molar-refractivity contribution < 1.29 is 4.42 Å². The molecule has 0 atom stereocenters. The van der Waals surface area contributed by atoms with Crippen LogP contribution in [0.3, 0.4) is 0 Å². The van der Waals surface area contributed by atoms with Crippen molar-refractivity contribution in [3.8, 4) is 11.6 Å². The lowest BCUT2D eigenvalue weighted by molar-refractivity contribution is 0.516. The maximum Gasteiger partial charge on any atom is 0.316 e. The van der Waals surface area contributed by atoms with Crippen molar-refractivity contribution in [2.24, 2.45) is 11.8 Å². The molecule has 3 aromatic rings. The van der Waals surface area contributed by atoms with E-state index in [1.807, 2.05) is 25.1 Å². The first-order chi connectivity index (χ1) is 12.7. The first-order valence-corrected chi connectivity index (χ1v) is 9.35. The summed E-state index contributed by atoms with van der Waals surface area (Å²) in [6, 6.07) is 8.30. The molecule has 1 N–H and O–H groups in total. The number of nitrogens with one attached hydrogen (secondary N) is 1. The molecule has 134 valence electrons. The largest absolute Gasteiger partial charge is 0.402 e. The number of hydrogen-bond donors (Lipinski definition) is 1. The Labute approximate surface area is 150 Å². The van der Waals surface area contributed by atoms with Gasteiger partial charge < -0.3 is 9.73 Å². The van der Waals surface area contributed by atoms with Crippen LogP contribution in [0.2, 0.25) is 0 Å². The minimum absolute atomic E-state index is 0.104. The zero-order valence-corrected chi connectivity index (χ0v) is 14.7. The van der Waals surface area contributed by atoms with Gasteiger partial charge in [-0.3, -0.25) is 4.79 Å². The molecule has 2 aliphatic rings. The Hall–Kier alpha value is -2.70. The number of rotatable bonds is 6. The summed E-state index contributed by atoms with van der Waals surface area (Å²) in [4.78, 5) is 12.5. The highest BCUT2D eigenvalue weighted by Crippen LogP contribution is 2.45. The Morgan fingerprint density at radius 2 is 1.85 bits per heavy atom. The lowest BCUT2D eigenvalue weighted by Crippen LogP contribution is -2.24. The highest BCUT2D eigenvalue weighted by atomic mass is 16.4. The van der Waals surface area contributed by atoms with E-state index in [0.717, 1.165) is 17.2 Å². The van der Waals surface area contributed by atoms with Crippen LogP contribution in [0.5, 0.6) is 0 Å². The van der Waals surface area contributed by atoms with E-state index >= 15 is 0 Å². The van der Waals surface area contributed by atoms with E-state index in [0.29, 0.717) is 35.6 Å². The van der Waals surface area contributed by atoms with Crippen molar-refractivity contribution in [1.29, 1.82) is 0 Å². The Balaban J connectivity index is 1.53. The molecule has 0 spiro atoms. The van der Waals surface area contributed by atoms with Gasteiger partial charge in [0.2, 0.25) is 0 Å². The highest BCUT2D eigenvalue weighted by Gasteiger charge is 2.42. The quantitative estimate of drug-likeness (QED) is 0.734. The number of aryl methyl sites for hydroxylation is 1. The van der Waals surface area contributed by atoms with E-state index in [9.17, 15) is 4.79 Å². The number of anilines is 1. The minimum Gasteiger partial charge on any atom is -0.402 e. The van der Waals surface area contributed by atoms with E-state index in [2.05, 4.69) is 20.6 Å². The first-order valence-electron chi connectivity index (χ1n) is 9.35. The average molecular weight is 351 g/mol. The fraction of sp³-hybridized carbons (Fsp3) is 0.474. The van der Waals surface area contributed by atoms with Crippen LogP contribution in [0.25, 0.3) is 22.4 Å². The molecule has 0 bridgehead atoms. The van der Waals surface area contributed by atoms with Crippen LogP contribution in [0.15, 0.2) is 33.5 Å². The zero-order valence-electron chi connectivity index (χ0n) is 14.7. The topological polar surface area (TPSA) is 85.8 Å². The lowest BCUT2D eigenvalue weighted by atomic mass is 10.1. The predicted octanol–water partition coefficient (Wildman–Crippen LogP) is 3.07. The molecule has 0 unspecified atom stereocenters. The fourth-order valence-electron chi connectivity index (χ4n) is 3.66. The molecule has 2 heterocycles. The predicted molar refractivity (Wildman–Crippen MR) is 97.8 cm³/mol. The summed E-state index contributed by atoms with van der Waals surface area (Å²) in [5.74, 6) is 1.81. The van der Waals surface area contributed by atoms with Gasteiger partial charge in [-0.15, -0.1) is 5.10 Å². The van der Waals surface area contributed by atoms with Crippen molar-refractivity contribution in [3.63, 3.8) is 0 Å². The Kier molecular flexibility index (Phi) is 3.55. The second-order valence-electron chi connectivity index (χ2n) is 7.27. The Morgan fingerprint density at radius 3 is 2.50 bits per heavy atom. The smallest absolute Gasteiger partial charge is 0.316 e. The molecule has 0 amide bonds. The molecular weight excluding hydrogens is 330 g/mol. The monoisotopic (exact) mass is 351 g/mol. The number of fused-ring (bicyclic) bond motifs is 1. The van der Waals surface area contributed by atoms with Crippen LogP contribution in [0.1, 0.15) is 32.6 Å². The van der Waals surface area contributed by atoms with E-state index < -0.39 is 0 Å². The van der Waals surface area contributed by atoms with E-state index in [1.165, 1.54) is 30.4 Å². The van der Waals surface area contributed by atoms with E-state index in [1.54, 1.807) is 6.07 Å². The highest BCUT2D eigenvalue weighted by molar-refractivity contribution is 5.91. The van der Waals surface area contributed by atoms with E-state index in [4.69, 9.17) is 4.42 Å². The van der Waals surface area contributed by atoms with Gasteiger partial charge in [0, 0.05) is 18.0 Å². The SMILES string of the molecule is CCn1nc(-c2nnc(NC(C3CC3)C3CC3)o2)c2ccccc2c1=O. The summed E-state index contributed by atoms with van der Waals surface area (Å²) in [7, 11) is 0. The number of hydrogen-bond acceptors (Lipinski definition) is 6. The molecule has 1 aromatic carbocycles. The van der Waals surface area contributed by atoms with Crippen LogP contribution in [0.4, 0.5) is 6.01 Å². The molecule has 7 nitrogen and oxygen atoms in total. The van der Waals surface area contributed by atoms with Gasteiger partial charge in [0.1, 0.15) is 0 Å². The molecule has 0 aliphatic heterocycles. The van der Waals surface area contributed by atoms with E-state index in [-0.39, 0.29) is 5.56 Å². The summed E-state index contributed by atoms with van der Waals surface area (Å²) in [6.45, 7) is 2.38. The van der Waals surface area contributed by atoms with Gasteiger partial charge in [-0.2, -0.15) is 5.10 Å². The standard InChI is InChI=1S/C19H21N5O2/c1-2-24-18(25)14-6-4-3-5-13(14)16(23-24)17-21-22-19(26-17)20-15(11-7-8-11)12-9-10-12/h3-6,11-12,15H,2,7-10H2,1H3,(H,20,22). The third-order valence-electron chi connectivity index (χ3n) is 5.34. The summed E-state index contributed by atoms with van der Waals surface area (Å²) >= 11 is 0. The number of benzene rings is 1. The van der Waals surface area contributed by atoms with Crippen molar-refractivity contribution in [2.75, 3.05) is 5.32 Å². The fourth-order valence-corrected chi connectivity index (χ4v) is 3.66. The molecule has 2 aliphatic carbocycles. The zero-order chi connectivity index (χ0) is 17.7. The van der Waals surface area contributed by atoms with Gasteiger partial charge >= 0.3 is 6.01 Å². The third kappa shape index (κ3) is 2.67. The second-order valence-corrected chi connectivity index (χ2v) is 7.27. The third-order valence-corrected chi connectivity index (χ3v) is 5.34. The van der Waals surface area contributed by atoms with Gasteiger partial charge in [-0.1, -0.05) is 23.3 Å². The van der Waals surface area contributed by atoms with Gasteiger partial charge in [0.15, 0.2) is 5.69 Å². The normalized spacial score (nSPS) is 17.2. The maximum absolute atomic E-state index is 12.5. The van der Waals surface area contributed by atoms with Crippen molar-refractivity contribution in [3.05, 3.63) is 34.6 Å². The molecule has 2 aromatic heterocycles. The summed E-state index contributed by atoms with van der Waals surface area (Å²) in [5, 5.41) is 17.6. The molecule has 0 saturated heterocycles. The van der Waals surface area contributed by atoms with Crippen LogP contribution in [0, 0.1) is 11.8 Å². The van der Waals surface area contributed by atoms with Gasteiger partial charge in [0.25, 0.3) is 11.4 Å². The molecule has 26 heavy (non-hydrogen) atoms. The van der Waals surface area contributed by atoms with Crippen molar-refractivity contribution in [2.45, 2.75) is 45.2 Å². The second kappa shape index (κ2) is 5.93. The van der Waals surface area contributed by atoms with Gasteiger partial charge in [0.05, 0.1) is 5.39 Å². The lowest BCUT2D eigenvalue weighted by Gasteiger charge is -2.15. The van der Waals surface area contributed by atoms with Crippen LogP contribution in [-0.2, 0) is 6.54 Å². The molecular formula is C19H21N5O2. The van der Waals surface area contributed by atoms with Crippen LogP contribution in [-0.4, -0.2) is 26.0 Å². The molecule has 7 heteroatoms. The first kappa shape index (κ1) is 15.5. The molecule has 5 rings (SSSR count). The van der Waals surface area contributed by atoms with Gasteiger partial charge in [-0.25, -0.2) is 4.68 Å². The molecule has 2 fully saturated rings.